The average molecular weight is 336 g/mol. The fourth-order valence-electron chi connectivity index (χ4n) is 2.05. The van der Waals surface area contributed by atoms with Crippen LogP contribution in [0.25, 0.3) is 6.08 Å². The van der Waals surface area contributed by atoms with Crippen molar-refractivity contribution in [3.05, 3.63) is 23.2 Å². The maximum absolute atomic E-state index is 12.4. The molecule has 0 radical (unpaired) electrons. The van der Waals surface area contributed by atoms with Crippen LogP contribution in [0, 0.1) is 6.92 Å². The molecule has 0 unspecified atom stereocenters. The molecule has 0 N–H and O–H groups in total. The molecule has 1 aromatic heterocycles. The average Bonchev–Trinajstić information content (AvgIpc) is 3.00. The van der Waals surface area contributed by atoms with Crippen LogP contribution in [0.2, 0.25) is 0 Å². The molecular formula is C15H20N4O3S. The van der Waals surface area contributed by atoms with E-state index in [2.05, 4.69) is 10.1 Å². The molecule has 0 aromatic carbocycles. The standard InChI is InChI=1S/C15H20N4O3S/c1-5-19-14(21)12(7-11-8-16-18(4)10(11)3)17-15(19)23-9-13(20)22-6-2/h7-8H,5-6,9H2,1-4H3/b12-7+. The zero-order valence-corrected chi connectivity index (χ0v) is 14.5. The van der Waals surface area contributed by atoms with E-state index in [0.717, 1.165) is 11.3 Å². The first kappa shape index (κ1) is 17.3. The van der Waals surface area contributed by atoms with Gasteiger partial charge in [0.2, 0.25) is 0 Å². The molecule has 0 bridgehead atoms. The molecule has 8 heteroatoms. The highest BCUT2D eigenvalue weighted by Gasteiger charge is 2.30. The molecule has 1 amide bonds. The summed E-state index contributed by atoms with van der Waals surface area (Å²) in [6.07, 6.45) is 3.43. The minimum absolute atomic E-state index is 0.135. The second kappa shape index (κ2) is 7.45. The lowest BCUT2D eigenvalue weighted by Crippen LogP contribution is -2.30. The quantitative estimate of drug-likeness (QED) is 0.603. The lowest BCUT2D eigenvalue weighted by molar-refractivity contribution is -0.139. The maximum atomic E-state index is 12.4. The Bertz CT molecular complexity index is 678. The Morgan fingerprint density at radius 2 is 2.17 bits per heavy atom. The van der Waals surface area contributed by atoms with Crippen molar-refractivity contribution in [2.75, 3.05) is 18.9 Å². The van der Waals surface area contributed by atoms with Gasteiger partial charge in [-0.25, -0.2) is 4.99 Å². The zero-order valence-electron chi connectivity index (χ0n) is 13.7. The van der Waals surface area contributed by atoms with Crippen molar-refractivity contribution < 1.29 is 14.3 Å². The highest BCUT2D eigenvalue weighted by Crippen LogP contribution is 2.24. The molecule has 23 heavy (non-hydrogen) atoms. The molecule has 0 aliphatic carbocycles. The number of hydrogen-bond acceptors (Lipinski definition) is 6. The van der Waals surface area contributed by atoms with E-state index in [1.54, 1.807) is 28.8 Å². The van der Waals surface area contributed by atoms with E-state index in [4.69, 9.17) is 4.74 Å². The molecular weight excluding hydrogens is 316 g/mol. The second-order valence-electron chi connectivity index (χ2n) is 4.88. The van der Waals surface area contributed by atoms with Crippen LogP contribution in [0.1, 0.15) is 25.1 Å². The molecule has 2 rings (SSSR count). The summed E-state index contributed by atoms with van der Waals surface area (Å²) in [4.78, 5) is 29.8. The minimum Gasteiger partial charge on any atom is -0.465 e. The van der Waals surface area contributed by atoms with Gasteiger partial charge in [0.15, 0.2) is 5.17 Å². The highest BCUT2D eigenvalue weighted by atomic mass is 32.2. The van der Waals surface area contributed by atoms with Crippen LogP contribution in [0.4, 0.5) is 0 Å². The molecule has 7 nitrogen and oxygen atoms in total. The first-order chi connectivity index (χ1) is 11.0. The predicted molar refractivity (Wildman–Crippen MR) is 89.8 cm³/mol. The molecule has 0 saturated carbocycles. The molecule has 2 heterocycles. The van der Waals surface area contributed by atoms with Crippen LogP contribution in [-0.2, 0) is 21.4 Å². The summed E-state index contributed by atoms with van der Waals surface area (Å²) in [5.74, 6) is -0.346. The molecule has 0 atom stereocenters. The van der Waals surface area contributed by atoms with Crippen molar-refractivity contribution in [1.29, 1.82) is 0 Å². The number of hydrogen-bond donors (Lipinski definition) is 0. The number of thioether (sulfide) groups is 1. The van der Waals surface area contributed by atoms with Gasteiger partial charge in [0.25, 0.3) is 5.91 Å². The van der Waals surface area contributed by atoms with Crippen LogP contribution in [0.5, 0.6) is 0 Å². The van der Waals surface area contributed by atoms with E-state index < -0.39 is 0 Å². The summed E-state index contributed by atoms with van der Waals surface area (Å²) in [7, 11) is 1.84. The van der Waals surface area contributed by atoms with E-state index in [1.165, 1.54) is 11.8 Å². The Kier molecular flexibility index (Phi) is 5.59. The number of nitrogens with zero attached hydrogens (tertiary/aromatic N) is 4. The summed E-state index contributed by atoms with van der Waals surface area (Å²) in [5, 5.41) is 4.68. The largest absolute Gasteiger partial charge is 0.465 e. The van der Waals surface area contributed by atoms with Crippen molar-refractivity contribution in [2.24, 2.45) is 12.0 Å². The lowest BCUT2D eigenvalue weighted by atomic mass is 10.2. The van der Waals surface area contributed by atoms with Gasteiger partial charge in [0.1, 0.15) is 5.70 Å². The Balaban J connectivity index is 2.19. The lowest BCUT2D eigenvalue weighted by Gasteiger charge is -2.14. The number of aryl methyl sites for hydroxylation is 1. The number of carbonyl (C=O) groups is 2. The smallest absolute Gasteiger partial charge is 0.316 e. The van der Waals surface area contributed by atoms with Crippen LogP contribution >= 0.6 is 11.8 Å². The fraction of sp³-hybridized carbons (Fsp3) is 0.467. The van der Waals surface area contributed by atoms with Crippen molar-refractivity contribution in [2.45, 2.75) is 20.8 Å². The summed E-state index contributed by atoms with van der Waals surface area (Å²) < 4.78 is 6.63. The van der Waals surface area contributed by atoms with Gasteiger partial charge >= 0.3 is 5.97 Å². The Morgan fingerprint density at radius 3 is 2.74 bits per heavy atom. The summed E-state index contributed by atoms with van der Waals surface area (Å²) >= 11 is 1.21. The number of rotatable bonds is 5. The molecule has 1 aliphatic rings. The number of amidine groups is 1. The van der Waals surface area contributed by atoms with E-state index in [-0.39, 0.29) is 17.6 Å². The van der Waals surface area contributed by atoms with Crippen LogP contribution < -0.4 is 0 Å². The molecule has 0 fully saturated rings. The number of likely N-dealkylation sites (N-methyl/N-ethyl adjacent to an activating group) is 1. The zero-order chi connectivity index (χ0) is 17.0. The Labute approximate surface area is 139 Å². The van der Waals surface area contributed by atoms with E-state index >= 15 is 0 Å². The van der Waals surface area contributed by atoms with Crippen molar-refractivity contribution in [3.8, 4) is 0 Å². The summed E-state index contributed by atoms with van der Waals surface area (Å²) in [6.45, 7) is 6.40. The van der Waals surface area contributed by atoms with Gasteiger partial charge in [-0.1, -0.05) is 11.8 Å². The normalized spacial score (nSPS) is 16.2. The van der Waals surface area contributed by atoms with Gasteiger partial charge in [-0.3, -0.25) is 19.2 Å². The monoisotopic (exact) mass is 336 g/mol. The number of aliphatic imine (C=N–C) groups is 1. The number of amides is 1. The van der Waals surface area contributed by atoms with Crippen LogP contribution in [0.3, 0.4) is 0 Å². The Hall–Kier alpha value is -2.09. The number of ether oxygens (including phenoxy) is 1. The first-order valence-electron chi connectivity index (χ1n) is 7.37. The Morgan fingerprint density at radius 1 is 1.43 bits per heavy atom. The van der Waals surface area contributed by atoms with Gasteiger partial charge < -0.3 is 4.74 Å². The van der Waals surface area contributed by atoms with Gasteiger partial charge in [-0.05, 0) is 26.8 Å². The van der Waals surface area contributed by atoms with Gasteiger partial charge in [-0.2, -0.15) is 5.10 Å². The third-order valence-electron chi connectivity index (χ3n) is 3.42. The fourth-order valence-corrected chi connectivity index (χ4v) is 2.91. The van der Waals surface area contributed by atoms with Crippen molar-refractivity contribution in [3.63, 3.8) is 0 Å². The first-order valence-corrected chi connectivity index (χ1v) is 8.35. The number of esters is 1. The molecule has 0 saturated heterocycles. The van der Waals surface area contributed by atoms with Crippen LogP contribution in [0.15, 0.2) is 16.9 Å². The third-order valence-corrected chi connectivity index (χ3v) is 4.37. The van der Waals surface area contributed by atoms with Gasteiger partial charge in [-0.15, -0.1) is 0 Å². The SMILES string of the molecule is CCOC(=O)CSC1=N/C(=C/c2cnn(C)c2C)C(=O)N1CC. The van der Waals surface area contributed by atoms with E-state index in [1.807, 2.05) is 20.9 Å². The summed E-state index contributed by atoms with van der Waals surface area (Å²) in [6, 6.07) is 0. The molecule has 1 aromatic rings. The van der Waals surface area contributed by atoms with E-state index in [0.29, 0.717) is 24.0 Å². The molecule has 0 spiro atoms. The molecule has 124 valence electrons. The number of carbonyl (C=O) groups excluding carboxylic acids is 2. The second-order valence-corrected chi connectivity index (χ2v) is 5.82. The van der Waals surface area contributed by atoms with Crippen molar-refractivity contribution >= 4 is 34.9 Å². The predicted octanol–water partition coefficient (Wildman–Crippen LogP) is 1.58. The maximum Gasteiger partial charge on any atom is 0.316 e. The van der Waals surface area contributed by atoms with Crippen LogP contribution in [-0.4, -0.2) is 50.6 Å². The van der Waals surface area contributed by atoms with Gasteiger partial charge in [0, 0.05) is 24.8 Å². The topological polar surface area (TPSA) is 76.8 Å². The minimum atomic E-state index is -0.316. The highest BCUT2D eigenvalue weighted by molar-refractivity contribution is 8.14. The van der Waals surface area contributed by atoms with E-state index in [9.17, 15) is 9.59 Å². The summed E-state index contributed by atoms with van der Waals surface area (Å²) in [5.41, 5.74) is 2.16. The van der Waals surface area contributed by atoms with Gasteiger partial charge in [0.05, 0.1) is 18.6 Å². The molecule has 1 aliphatic heterocycles. The van der Waals surface area contributed by atoms with Crippen molar-refractivity contribution in [1.82, 2.24) is 14.7 Å². The third kappa shape index (κ3) is 3.82. The number of aromatic nitrogens is 2.